The number of ether oxygens (including phenoxy) is 3. The van der Waals surface area contributed by atoms with E-state index in [1.165, 1.54) is 23.5 Å². The third-order valence-corrected chi connectivity index (χ3v) is 4.62. The molecule has 2 aromatic carbocycles. The quantitative estimate of drug-likeness (QED) is 0.487. The van der Waals surface area contributed by atoms with Gasteiger partial charge in [-0.1, -0.05) is 17.7 Å². The maximum atomic E-state index is 12.9. The molecule has 28 heavy (non-hydrogen) atoms. The molecule has 0 saturated carbocycles. The first-order valence-electron chi connectivity index (χ1n) is 8.75. The Kier molecular flexibility index (Phi) is 6.97. The number of carbonyl (C=O) groups is 1. The number of nitrogens with zero attached hydrogens (tertiary/aromatic N) is 1. The Hall–Kier alpha value is -2.93. The summed E-state index contributed by atoms with van der Waals surface area (Å²) in [5.74, 6) is 0.640. The minimum Gasteiger partial charge on any atom is -0.493 e. The summed E-state index contributed by atoms with van der Waals surface area (Å²) in [5, 5.41) is 2.57. The second kappa shape index (κ2) is 9.85. The first-order chi connectivity index (χ1) is 13.6. The summed E-state index contributed by atoms with van der Waals surface area (Å²) in [7, 11) is 0. The van der Waals surface area contributed by atoms with Gasteiger partial charge in [0.25, 0.3) is 0 Å². The minimum atomic E-state index is -0.343. The average molecular weight is 401 g/mol. The zero-order valence-electron chi connectivity index (χ0n) is 15.4. The molecule has 0 amide bonds. The number of aryl methyl sites for hydroxylation is 1. The summed E-state index contributed by atoms with van der Waals surface area (Å²) in [6.07, 6.45) is 0.165. The molecule has 3 rings (SSSR count). The highest BCUT2D eigenvalue weighted by molar-refractivity contribution is 7.09. The highest BCUT2D eigenvalue weighted by Gasteiger charge is 2.08. The fourth-order valence-electron chi connectivity index (χ4n) is 2.27. The van der Waals surface area contributed by atoms with Gasteiger partial charge in [0.1, 0.15) is 35.5 Å². The Balaban J connectivity index is 1.35. The number of rotatable bonds is 9. The summed E-state index contributed by atoms with van der Waals surface area (Å²) in [6.45, 7) is 2.64. The first kappa shape index (κ1) is 19.8. The van der Waals surface area contributed by atoms with Gasteiger partial charge in [0.05, 0.1) is 18.7 Å². The lowest BCUT2D eigenvalue weighted by atomic mass is 10.2. The van der Waals surface area contributed by atoms with Gasteiger partial charge in [-0.3, -0.25) is 4.79 Å². The van der Waals surface area contributed by atoms with E-state index in [2.05, 4.69) is 4.98 Å². The lowest BCUT2D eigenvalue weighted by Crippen LogP contribution is -2.10. The van der Waals surface area contributed by atoms with Gasteiger partial charge >= 0.3 is 5.97 Å². The summed E-state index contributed by atoms with van der Waals surface area (Å²) in [6, 6.07) is 13.4. The van der Waals surface area contributed by atoms with Crippen molar-refractivity contribution in [2.45, 2.75) is 26.6 Å². The molecule has 0 bridgehead atoms. The second-order valence-electron chi connectivity index (χ2n) is 6.05. The van der Waals surface area contributed by atoms with E-state index in [0.29, 0.717) is 11.4 Å². The Morgan fingerprint density at radius 2 is 1.68 bits per heavy atom. The van der Waals surface area contributed by atoms with Gasteiger partial charge in [-0.2, -0.15) is 0 Å². The van der Waals surface area contributed by atoms with Crippen LogP contribution in [0.4, 0.5) is 4.39 Å². The summed E-state index contributed by atoms with van der Waals surface area (Å²) in [5.41, 5.74) is 1.81. The predicted molar refractivity (Wildman–Crippen MR) is 104 cm³/mol. The van der Waals surface area contributed by atoms with Gasteiger partial charge in [-0.05, 0) is 43.3 Å². The van der Waals surface area contributed by atoms with Crippen LogP contribution in [0.1, 0.15) is 22.7 Å². The van der Waals surface area contributed by atoms with Gasteiger partial charge in [-0.15, -0.1) is 11.3 Å². The lowest BCUT2D eigenvalue weighted by molar-refractivity contribution is -0.145. The number of hydrogen-bond acceptors (Lipinski definition) is 6. The van der Waals surface area contributed by atoms with Crippen LogP contribution < -0.4 is 9.47 Å². The molecule has 0 spiro atoms. The van der Waals surface area contributed by atoms with Crippen molar-refractivity contribution in [2.75, 3.05) is 6.61 Å². The van der Waals surface area contributed by atoms with Gasteiger partial charge in [-0.25, -0.2) is 9.37 Å². The molecule has 0 aliphatic carbocycles. The third kappa shape index (κ3) is 6.35. The van der Waals surface area contributed by atoms with Crippen molar-refractivity contribution >= 4 is 17.3 Å². The van der Waals surface area contributed by atoms with Crippen molar-refractivity contribution < 1.29 is 23.4 Å². The zero-order valence-corrected chi connectivity index (χ0v) is 16.2. The summed E-state index contributed by atoms with van der Waals surface area (Å²) >= 11 is 1.41. The monoisotopic (exact) mass is 401 g/mol. The van der Waals surface area contributed by atoms with Crippen LogP contribution in [-0.4, -0.2) is 17.6 Å². The largest absolute Gasteiger partial charge is 0.493 e. The average Bonchev–Trinajstić information content (AvgIpc) is 3.15. The smallest absolute Gasteiger partial charge is 0.309 e. The number of carbonyl (C=O) groups excluding carboxylic acids is 1. The van der Waals surface area contributed by atoms with Crippen LogP contribution in [0.15, 0.2) is 53.9 Å². The molecule has 0 radical (unpaired) electrons. The maximum absolute atomic E-state index is 12.9. The van der Waals surface area contributed by atoms with Crippen molar-refractivity contribution in [3.05, 3.63) is 76.0 Å². The number of benzene rings is 2. The van der Waals surface area contributed by atoms with Crippen LogP contribution in [0.3, 0.4) is 0 Å². The van der Waals surface area contributed by atoms with Crippen molar-refractivity contribution in [3.63, 3.8) is 0 Å². The van der Waals surface area contributed by atoms with E-state index < -0.39 is 0 Å². The van der Waals surface area contributed by atoms with E-state index in [4.69, 9.17) is 14.2 Å². The minimum absolute atomic E-state index is 0.108. The van der Waals surface area contributed by atoms with E-state index in [1.807, 2.05) is 36.6 Å². The fourth-order valence-corrected chi connectivity index (χ4v) is 2.96. The molecule has 1 heterocycles. The molecule has 0 aliphatic rings. The maximum Gasteiger partial charge on any atom is 0.309 e. The molecule has 0 N–H and O–H groups in total. The van der Waals surface area contributed by atoms with Crippen LogP contribution in [0.2, 0.25) is 0 Å². The highest BCUT2D eigenvalue weighted by atomic mass is 32.1. The van der Waals surface area contributed by atoms with E-state index in [9.17, 15) is 9.18 Å². The fraction of sp³-hybridized carbons (Fsp3) is 0.238. The molecule has 0 atom stereocenters. The summed E-state index contributed by atoms with van der Waals surface area (Å²) < 4.78 is 29.1. The van der Waals surface area contributed by atoms with Crippen molar-refractivity contribution in [1.82, 2.24) is 4.98 Å². The van der Waals surface area contributed by atoms with Crippen LogP contribution in [0.25, 0.3) is 0 Å². The van der Waals surface area contributed by atoms with Crippen LogP contribution in [-0.2, 0) is 22.7 Å². The molecule has 0 saturated heterocycles. The third-order valence-electron chi connectivity index (χ3n) is 3.75. The van der Waals surface area contributed by atoms with Crippen LogP contribution >= 0.6 is 11.3 Å². The molecular formula is C21H20FNO4S. The molecule has 0 unspecified atom stereocenters. The normalized spacial score (nSPS) is 10.5. The topological polar surface area (TPSA) is 57.7 Å². The van der Waals surface area contributed by atoms with Gasteiger partial charge in [0, 0.05) is 5.38 Å². The van der Waals surface area contributed by atoms with Gasteiger partial charge in [0.2, 0.25) is 0 Å². The van der Waals surface area contributed by atoms with Crippen molar-refractivity contribution in [2.24, 2.45) is 0 Å². The molecule has 146 valence electrons. The number of esters is 1. The number of thiazole rings is 1. The zero-order chi connectivity index (χ0) is 19.8. The van der Waals surface area contributed by atoms with Crippen molar-refractivity contribution in [1.29, 1.82) is 0 Å². The van der Waals surface area contributed by atoms with Gasteiger partial charge in [0.15, 0.2) is 0 Å². The van der Waals surface area contributed by atoms with Gasteiger partial charge < -0.3 is 14.2 Å². The molecule has 1 aromatic heterocycles. The molecule has 3 aromatic rings. The van der Waals surface area contributed by atoms with Crippen molar-refractivity contribution in [3.8, 4) is 11.5 Å². The Bertz CT molecular complexity index is 894. The van der Waals surface area contributed by atoms with E-state index in [0.717, 1.165) is 16.3 Å². The van der Waals surface area contributed by atoms with E-state index >= 15 is 0 Å². The molecule has 7 heteroatoms. The predicted octanol–water partition coefficient (Wildman–Crippen LogP) is 4.68. The highest BCUT2D eigenvalue weighted by Crippen LogP contribution is 2.16. The molecule has 0 aliphatic heterocycles. The van der Waals surface area contributed by atoms with E-state index in [-0.39, 0.29) is 38.0 Å². The second-order valence-corrected chi connectivity index (χ2v) is 6.99. The first-order valence-corrected chi connectivity index (χ1v) is 9.63. The summed E-state index contributed by atoms with van der Waals surface area (Å²) in [4.78, 5) is 16.2. The number of halogens is 1. The van der Waals surface area contributed by atoms with Crippen LogP contribution in [0, 0.1) is 12.7 Å². The van der Waals surface area contributed by atoms with E-state index in [1.54, 1.807) is 12.1 Å². The molecule has 5 nitrogen and oxygen atoms in total. The lowest BCUT2D eigenvalue weighted by Gasteiger charge is -2.06. The SMILES string of the molecule is Cc1ccc(OCCC(=O)OCc2csc(COc3ccc(F)cc3)n2)cc1. The van der Waals surface area contributed by atoms with Crippen LogP contribution in [0.5, 0.6) is 11.5 Å². The molecule has 0 fully saturated rings. The number of aromatic nitrogens is 1. The molecular weight excluding hydrogens is 381 g/mol. The Morgan fingerprint density at radius 1 is 1.00 bits per heavy atom. The standard InChI is InChI=1S/C21H20FNO4S/c1-15-2-6-18(7-3-15)25-11-10-21(24)27-12-17-14-28-20(23-17)13-26-19-8-4-16(22)5-9-19/h2-9,14H,10-13H2,1H3. The Morgan fingerprint density at radius 3 is 2.43 bits per heavy atom. The number of hydrogen-bond donors (Lipinski definition) is 0. The Labute approximate surface area is 166 Å².